The van der Waals surface area contributed by atoms with E-state index in [0.29, 0.717) is 0 Å². The molecule has 158 valence electrons. The molecule has 0 aromatic heterocycles. The molecule has 3 aromatic carbocycles. The molecule has 0 amide bonds. The Morgan fingerprint density at radius 1 is 0.839 bits per heavy atom. The zero-order chi connectivity index (χ0) is 22.4. The molecule has 31 heavy (non-hydrogen) atoms. The second-order valence-electron chi connectivity index (χ2n) is 9.53. The number of benzene rings is 3. The lowest BCUT2D eigenvalue weighted by Crippen LogP contribution is -2.30. The molecule has 1 unspecified atom stereocenters. The third kappa shape index (κ3) is 3.04. The van der Waals surface area contributed by atoms with Gasteiger partial charge in [0.2, 0.25) is 0 Å². The molecular formula is C31H34. The maximum absolute atomic E-state index is 4.14. The Balaban J connectivity index is 2.00. The molecule has 0 heteroatoms. The van der Waals surface area contributed by atoms with E-state index in [9.17, 15) is 0 Å². The minimum Gasteiger partial charge on any atom is -0.0984 e. The molecule has 4 rings (SSSR count). The second kappa shape index (κ2) is 7.68. The summed E-state index contributed by atoms with van der Waals surface area (Å²) in [6.07, 6.45) is 3.09. The maximum Gasteiger partial charge on any atom is 0.0398 e. The molecule has 3 aromatic rings. The molecule has 1 atom stereocenters. The van der Waals surface area contributed by atoms with Crippen LogP contribution in [-0.2, 0) is 17.3 Å². The normalized spacial score (nSPS) is 18.3. The van der Waals surface area contributed by atoms with Gasteiger partial charge in [-0.2, -0.15) is 0 Å². The van der Waals surface area contributed by atoms with Gasteiger partial charge in [0.15, 0.2) is 0 Å². The molecule has 0 nitrogen and oxygen atoms in total. The highest BCUT2D eigenvalue weighted by atomic mass is 14.5. The first-order chi connectivity index (χ1) is 14.8. The van der Waals surface area contributed by atoms with Crippen molar-refractivity contribution in [2.75, 3.05) is 0 Å². The summed E-state index contributed by atoms with van der Waals surface area (Å²) in [6.45, 7) is 18.1. The highest BCUT2D eigenvalue weighted by molar-refractivity contribution is 5.87. The fourth-order valence-corrected chi connectivity index (χ4v) is 5.79. The second-order valence-corrected chi connectivity index (χ2v) is 9.53. The van der Waals surface area contributed by atoms with Crippen molar-refractivity contribution < 1.29 is 0 Å². The fraction of sp³-hybridized carbons (Fsp3) is 0.290. The Bertz CT molecular complexity index is 1190. The van der Waals surface area contributed by atoms with Gasteiger partial charge in [0, 0.05) is 10.8 Å². The summed E-state index contributed by atoms with van der Waals surface area (Å²) in [5, 5.41) is 0. The molecule has 0 spiro atoms. The van der Waals surface area contributed by atoms with Crippen LogP contribution in [0.2, 0.25) is 0 Å². The Kier molecular flexibility index (Phi) is 5.30. The van der Waals surface area contributed by atoms with Crippen LogP contribution in [0.3, 0.4) is 0 Å². The van der Waals surface area contributed by atoms with Crippen molar-refractivity contribution in [2.24, 2.45) is 0 Å². The molecule has 0 N–H and O–H groups in total. The van der Waals surface area contributed by atoms with E-state index in [2.05, 4.69) is 115 Å². The highest BCUT2D eigenvalue weighted by Crippen LogP contribution is 2.53. The van der Waals surface area contributed by atoms with Crippen LogP contribution in [0.1, 0.15) is 73.6 Å². The lowest BCUT2D eigenvalue weighted by Gasteiger charge is -2.37. The van der Waals surface area contributed by atoms with E-state index in [1.807, 2.05) is 6.08 Å². The highest BCUT2D eigenvalue weighted by Gasteiger charge is 2.43. The van der Waals surface area contributed by atoms with Gasteiger partial charge in [0.25, 0.3) is 0 Å². The summed E-state index contributed by atoms with van der Waals surface area (Å²) in [5.41, 5.74) is 12.1. The van der Waals surface area contributed by atoms with Gasteiger partial charge in [-0.25, -0.2) is 0 Å². The molecule has 0 bridgehead atoms. The largest absolute Gasteiger partial charge is 0.0984 e. The number of aryl methyl sites for hydroxylation is 1. The molecule has 0 saturated carbocycles. The number of allylic oxidation sites excluding steroid dienone is 3. The van der Waals surface area contributed by atoms with Crippen LogP contribution in [-0.4, -0.2) is 0 Å². The van der Waals surface area contributed by atoms with Crippen molar-refractivity contribution in [3.63, 3.8) is 0 Å². The van der Waals surface area contributed by atoms with Gasteiger partial charge in [-0.15, -0.1) is 0 Å². The molecule has 0 fully saturated rings. The standard InChI is InChI=1S/C31H34/c1-8-23-15-14-20-26(21(23)3)30(5,6)28-18-12-13-19-29(28)31(7)22(4)24(9-2)25-16-10-11-17-27(25)31/h9-20H,2,8H2,1,3-7H3. The van der Waals surface area contributed by atoms with E-state index < -0.39 is 0 Å². The van der Waals surface area contributed by atoms with Crippen LogP contribution < -0.4 is 0 Å². The van der Waals surface area contributed by atoms with E-state index >= 15 is 0 Å². The van der Waals surface area contributed by atoms with Gasteiger partial charge in [-0.1, -0.05) is 106 Å². The predicted molar refractivity (Wildman–Crippen MR) is 135 cm³/mol. The van der Waals surface area contributed by atoms with Gasteiger partial charge >= 0.3 is 0 Å². The van der Waals surface area contributed by atoms with Crippen molar-refractivity contribution >= 4 is 5.57 Å². The number of rotatable bonds is 5. The summed E-state index contributed by atoms with van der Waals surface area (Å²) < 4.78 is 0. The van der Waals surface area contributed by atoms with Crippen LogP contribution in [0, 0.1) is 6.92 Å². The number of hydrogen-bond donors (Lipinski definition) is 0. The maximum atomic E-state index is 4.14. The Morgan fingerprint density at radius 2 is 1.45 bits per heavy atom. The van der Waals surface area contributed by atoms with Gasteiger partial charge < -0.3 is 0 Å². The molecule has 0 radical (unpaired) electrons. The van der Waals surface area contributed by atoms with Gasteiger partial charge in [-0.3, -0.25) is 0 Å². The summed E-state index contributed by atoms with van der Waals surface area (Å²) in [6, 6.07) is 24.7. The Hall–Kier alpha value is -2.86. The van der Waals surface area contributed by atoms with E-state index in [0.717, 1.165) is 6.42 Å². The van der Waals surface area contributed by atoms with Crippen molar-refractivity contribution in [3.8, 4) is 0 Å². The quantitative estimate of drug-likeness (QED) is 0.401. The zero-order valence-corrected chi connectivity index (χ0v) is 19.8. The Morgan fingerprint density at radius 3 is 2.13 bits per heavy atom. The van der Waals surface area contributed by atoms with Crippen molar-refractivity contribution in [1.82, 2.24) is 0 Å². The first-order valence-corrected chi connectivity index (χ1v) is 11.4. The van der Waals surface area contributed by atoms with Crippen LogP contribution in [0.15, 0.2) is 85.0 Å². The average molecular weight is 407 g/mol. The molecule has 0 saturated heterocycles. The predicted octanol–water partition coefficient (Wildman–Crippen LogP) is 8.16. The SMILES string of the molecule is C=CC1=C(C)C(C)(c2ccccc2C(C)(C)c2cccc(CC)c2C)c2ccccc21. The van der Waals surface area contributed by atoms with E-state index in [1.54, 1.807) is 0 Å². The molecule has 1 aliphatic rings. The Labute approximate surface area is 188 Å². The minimum absolute atomic E-state index is 0.110. The summed E-state index contributed by atoms with van der Waals surface area (Å²) in [7, 11) is 0. The lowest BCUT2D eigenvalue weighted by atomic mass is 9.65. The number of fused-ring (bicyclic) bond motifs is 1. The van der Waals surface area contributed by atoms with Crippen molar-refractivity contribution in [1.29, 1.82) is 0 Å². The van der Waals surface area contributed by atoms with E-state index in [-0.39, 0.29) is 10.8 Å². The van der Waals surface area contributed by atoms with Gasteiger partial charge in [0.05, 0.1) is 0 Å². The van der Waals surface area contributed by atoms with Crippen LogP contribution >= 0.6 is 0 Å². The average Bonchev–Trinajstić information content (AvgIpc) is 3.01. The van der Waals surface area contributed by atoms with E-state index in [4.69, 9.17) is 0 Å². The molecule has 0 heterocycles. The minimum atomic E-state index is -0.176. The van der Waals surface area contributed by atoms with Crippen molar-refractivity contribution in [2.45, 2.75) is 58.8 Å². The van der Waals surface area contributed by atoms with Crippen molar-refractivity contribution in [3.05, 3.63) is 124 Å². The fourth-order valence-electron chi connectivity index (χ4n) is 5.79. The molecule has 0 aliphatic heterocycles. The van der Waals surface area contributed by atoms with Crippen LogP contribution in [0.25, 0.3) is 5.57 Å². The van der Waals surface area contributed by atoms with Gasteiger partial charge in [0.1, 0.15) is 0 Å². The molecular weight excluding hydrogens is 372 g/mol. The zero-order valence-electron chi connectivity index (χ0n) is 19.8. The first-order valence-electron chi connectivity index (χ1n) is 11.4. The topological polar surface area (TPSA) is 0 Å². The van der Waals surface area contributed by atoms with E-state index in [1.165, 1.54) is 50.1 Å². The monoisotopic (exact) mass is 406 g/mol. The first kappa shape index (κ1) is 21.4. The van der Waals surface area contributed by atoms with Gasteiger partial charge in [-0.05, 0) is 71.7 Å². The summed E-state index contributed by atoms with van der Waals surface area (Å²) in [4.78, 5) is 0. The van der Waals surface area contributed by atoms with Crippen LogP contribution in [0.4, 0.5) is 0 Å². The summed E-state index contributed by atoms with van der Waals surface area (Å²) >= 11 is 0. The van der Waals surface area contributed by atoms with Crippen LogP contribution in [0.5, 0.6) is 0 Å². The lowest BCUT2D eigenvalue weighted by molar-refractivity contribution is 0.594. The summed E-state index contributed by atoms with van der Waals surface area (Å²) in [5.74, 6) is 0. The molecule has 1 aliphatic carbocycles. The number of hydrogen-bond acceptors (Lipinski definition) is 0. The third-order valence-electron chi connectivity index (χ3n) is 7.75. The third-order valence-corrected chi connectivity index (χ3v) is 7.75. The smallest absolute Gasteiger partial charge is 0.0398 e.